The first-order valence-electron chi connectivity index (χ1n) is 6.67. The maximum atomic E-state index is 12.5. The molecule has 0 aromatic heterocycles. The fourth-order valence-electron chi connectivity index (χ4n) is 2.19. The first-order chi connectivity index (χ1) is 10.1. The molecule has 0 radical (unpaired) electrons. The second-order valence-corrected chi connectivity index (χ2v) is 4.86. The lowest BCUT2D eigenvalue weighted by molar-refractivity contribution is -0.114. The van der Waals surface area contributed by atoms with Crippen molar-refractivity contribution in [2.24, 2.45) is 5.10 Å². The molecule has 2 aromatic carbocycles. The lowest BCUT2D eigenvalue weighted by Crippen LogP contribution is -2.21. The summed E-state index contributed by atoms with van der Waals surface area (Å²) in [5.74, 6) is -0.115. The van der Waals surface area contributed by atoms with E-state index in [1.807, 2.05) is 67.6 Å². The third kappa shape index (κ3) is 2.56. The third-order valence-electron chi connectivity index (χ3n) is 3.31. The van der Waals surface area contributed by atoms with Gasteiger partial charge in [0.05, 0.1) is 17.0 Å². The second-order valence-electron chi connectivity index (χ2n) is 4.86. The zero-order chi connectivity index (χ0) is 14.8. The van der Waals surface area contributed by atoms with Crippen LogP contribution in [0.4, 0.5) is 11.4 Å². The number of hydrazone groups is 1. The molecule has 0 aliphatic carbocycles. The SMILES string of the molecule is CC1=NN(c2ccccc2)C(=O)C1=Cc1ccc(N)cc1. The van der Waals surface area contributed by atoms with Gasteiger partial charge in [0.15, 0.2) is 0 Å². The molecule has 0 bridgehead atoms. The maximum Gasteiger partial charge on any atom is 0.280 e. The van der Waals surface area contributed by atoms with Crippen molar-refractivity contribution in [3.8, 4) is 0 Å². The molecule has 0 spiro atoms. The molecule has 1 aliphatic heterocycles. The topological polar surface area (TPSA) is 58.7 Å². The Morgan fingerprint density at radius 2 is 1.71 bits per heavy atom. The van der Waals surface area contributed by atoms with Gasteiger partial charge in [0.1, 0.15) is 0 Å². The minimum Gasteiger partial charge on any atom is -0.399 e. The number of hydrogen-bond donors (Lipinski definition) is 1. The van der Waals surface area contributed by atoms with Crippen LogP contribution in [-0.4, -0.2) is 11.6 Å². The molecule has 2 N–H and O–H groups in total. The van der Waals surface area contributed by atoms with Crippen molar-refractivity contribution in [3.05, 3.63) is 65.7 Å². The quantitative estimate of drug-likeness (QED) is 0.677. The summed E-state index contributed by atoms with van der Waals surface area (Å²) in [6.45, 7) is 1.84. The second kappa shape index (κ2) is 5.25. The Bertz CT molecular complexity index is 730. The summed E-state index contributed by atoms with van der Waals surface area (Å²) in [5.41, 5.74) is 9.37. The average Bonchev–Trinajstić information content (AvgIpc) is 2.78. The number of anilines is 2. The summed E-state index contributed by atoms with van der Waals surface area (Å²) in [4.78, 5) is 12.5. The number of nitrogens with two attached hydrogens (primary N) is 1. The molecule has 2 aromatic rings. The Balaban J connectivity index is 1.94. The highest BCUT2D eigenvalue weighted by Gasteiger charge is 2.28. The van der Waals surface area contributed by atoms with E-state index in [1.165, 1.54) is 5.01 Å². The number of rotatable bonds is 2. The highest BCUT2D eigenvalue weighted by molar-refractivity contribution is 6.32. The number of benzene rings is 2. The molecular weight excluding hydrogens is 262 g/mol. The van der Waals surface area contributed by atoms with Crippen molar-refractivity contribution < 1.29 is 4.79 Å². The molecular formula is C17H15N3O. The van der Waals surface area contributed by atoms with Crippen LogP contribution in [0.5, 0.6) is 0 Å². The Morgan fingerprint density at radius 1 is 1.05 bits per heavy atom. The van der Waals surface area contributed by atoms with E-state index in [0.717, 1.165) is 11.3 Å². The molecule has 4 nitrogen and oxygen atoms in total. The summed E-state index contributed by atoms with van der Waals surface area (Å²) in [5, 5.41) is 5.77. The molecule has 0 unspecified atom stereocenters. The van der Waals surface area contributed by atoms with E-state index in [-0.39, 0.29) is 5.91 Å². The van der Waals surface area contributed by atoms with E-state index < -0.39 is 0 Å². The summed E-state index contributed by atoms with van der Waals surface area (Å²) in [7, 11) is 0. The Morgan fingerprint density at radius 3 is 2.38 bits per heavy atom. The number of hydrogen-bond acceptors (Lipinski definition) is 3. The Labute approximate surface area is 123 Å². The third-order valence-corrected chi connectivity index (χ3v) is 3.31. The normalized spacial score (nSPS) is 16.4. The van der Waals surface area contributed by atoms with E-state index in [2.05, 4.69) is 5.10 Å². The van der Waals surface area contributed by atoms with Gasteiger partial charge in [-0.25, -0.2) is 0 Å². The van der Waals surface area contributed by atoms with Crippen LogP contribution >= 0.6 is 0 Å². The summed E-state index contributed by atoms with van der Waals surface area (Å²) in [6, 6.07) is 16.8. The molecule has 3 rings (SSSR count). The Hall–Kier alpha value is -2.88. The molecule has 1 heterocycles. The predicted molar refractivity (Wildman–Crippen MR) is 85.9 cm³/mol. The Kier molecular flexibility index (Phi) is 3.28. The van der Waals surface area contributed by atoms with Gasteiger partial charge in [-0.15, -0.1) is 0 Å². The minimum absolute atomic E-state index is 0.115. The first kappa shape index (κ1) is 13.1. The van der Waals surface area contributed by atoms with Crippen molar-refractivity contribution in [1.29, 1.82) is 0 Å². The van der Waals surface area contributed by atoms with Gasteiger partial charge in [0.25, 0.3) is 5.91 Å². The van der Waals surface area contributed by atoms with Gasteiger partial charge < -0.3 is 5.73 Å². The molecule has 4 heteroatoms. The predicted octanol–water partition coefficient (Wildman–Crippen LogP) is 3.07. The summed E-state index contributed by atoms with van der Waals surface area (Å²) in [6.07, 6.45) is 1.84. The van der Waals surface area contributed by atoms with Crippen LogP contribution in [0.3, 0.4) is 0 Å². The van der Waals surface area contributed by atoms with Crippen LogP contribution in [-0.2, 0) is 4.79 Å². The minimum atomic E-state index is -0.115. The summed E-state index contributed by atoms with van der Waals surface area (Å²) < 4.78 is 0. The van der Waals surface area contributed by atoms with Gasteiger partial charge in [-0.1, -0.05) is 30.3 Å². The highest BCUT2D eigenvalue weighted by Crippen LogP contribution is 2.24. The van der Waals surface area contributed by atoms with E-state index in [1.54, 1.807) is 0 Å². The average molecular weight is 277 g/mol. The monoisotopic (exact) mass is 277 g/mol. The number of para-hydroxylation sites is 1. The lowest BCUT2D eigenvalue weighted by atomic mass is 10.1. The van der Waals surface area contributed by atoms with E-state index in [0.29, 0.717) is 17.0 Å². The molecule has 1 amide bonds. The van der Waals surface area contributed by atoms with Gasteiger partial charge in [-0.2, -0.15) is 10.1 Å². The van der Waals surface area contributed by atoms with E-state index >= 15 is 0 Å². The number of amides is 1. The van der Waals surface area contributed by atoms with Gasteiger partial charge in [0, 0.05) is 5.69 Å². The number of carbonyl (C=O) groups excluding carboxylic acids is 1. The molecule has 0 saturated heterocycles. The molecule has 0 atom stereocenters. The largest absolute Gasteiger partial charge is 0.399 e. The maximum absolute atomic E-state index is 12.5. The van der Waals surface area contributed by atoms with E-state index in [9.17, 15) is 4.79 Å². The highest BCUT2D eigenvalue weighted by atomic mass is 16.2. The van der Waals surface area contributed by atoms with Gasteiger partial charge in [0.2, 0.25) is 0 Å². The van der Waals surface area contributed by atoms with Crippen molar-refractivity contribution in [2.75, 3.05) is 10.7 Å². The number of nitrogen functional groups attached to an aromatic ring is 1. The van der Waals surface area contributed by atoms with Crippen LogP contribution in [0.15, 0.2) is 65.3 Å². The van der Waals surface area contributed by atoms with Crippen LogP contribution in [0, 0.1) is 0 Å². The first-order valence-corrected chi connectivity index (χ1v) is 6.67. The van der Waals surface area contributed by atoms with Crippen molar-refractivity contribution in [1.82, 2.24) is 0 Å². The smallest absolute Gasteiger partial charge is 0.280 e. The van der Waals surface area contributed by atoms with Crippen LogP contribution in [0.25, 0.3) is 6.08 Å². The van der Waals surface area contributed by atoms with Gasteiger partial charge >= 0.3 is 0 Å². The molecule has 1 aliphatic rings. The van der Waals surface area contributed by atoms with Gasteiger partial charge in [-0.05, 0) is 42.8 Å². The molecule has 0 saturated carbocycles. The van der Waals surface area contributed by atoms with Crippen molar-refractivity contribution in [2.45, 2.75) is 6.92 Å². The molecule has 21 heavy (non-hydrogen) atoms. The van der Waals surface area contributed by atoms with Crippen molar-refractivity contribution in [3.63, 3.8) is 0 Å². The summed E-state index contributed by atoms with van der Waals surface area (Å²) >= 11 is 0. The zero-order valence-electron chi connectivity index (χ0n) is 11.7. The molecule has 0 fully saturated rings. The molecule has 104 valence electrons. The van der Waals surface area contributed by atoms with Crippen molar-refractivity contribution >= 4 is 29.1 Å². The van der Waals surface area contributed by atoms with E-state index in [4.69, 9.17) is 5.73 Å². The van der Waals surface area contributed by atoms with Crippen LogP contribution in [0.1, 0.15) is 12.5 Å². The number of nitrogens with zero attached hydrogens (tertiary/aromatic N) is 2. The lowest BCUT2D eigenvalue weighted by Gasteiger charge is -2.11. The van der Waals surface area contributed by atoms with Gasteiger partial charge in [-0.3, -0.25) is 4.79 Å². The fraction of sp³-hybridized carbons (Fsp3) is 0.0588. The van der Waals surface area contributed by atoms with Crippen LogP contribution < -0.4 is 10.7 Å². The fourth-order valence-corrected chi connectivity index (χ4v) is 2.19. The standard InChI is InChI=1S/C17H15N3O/c1-12-16(11-13-7-9-14(18)10-8-13)17(21)20(19-12)15-5-3-2-4-6-15/h2-11H,18H2,1H3. The zero-order valence-corrected chi connectivity index (χ0v) is 11.7. The van der Waals surface area contributed by atoms with Crippen LogP contribution in [0.2, 0.25) is 0 Å². The number of carbonyl (C=O) groups is 1.